The topological polar surface area (TPSA) is 28.2 Å². The Morgan fingerprint density at radius 3 is 2.82 bits per heavy atom. The molecule has 2 heterocycles. The van der Waals surface area contributed by atoms with Gasteiger partial charge >= 0.3 is 0 Å². The molecule has 1 N–H and O–H groups in total. The van der Waals surface area contributed by atoms with Crippen molar-refractivity contribution in [1.29, 1.82) is 0 Å². The lowest BCUT2D eigenvalue weighted by atomic mass is 10.1. The lowest BCUT2D eigenvalue weighted by molar-refractivity contribution is 0.340. The van der Waals surface area contributed by atoms with Crippen molar-refractivity contribution in [3.63, 3.8) is 0 Å². The molecule has 1 aliphatic heterocycles. The Kier molecular flexibility index (Phi) is 4.51. The summed E-state index contributed by atoms with van der Waals surface area (Å²) >= 11 is 0. The first kappa shape index (κ1) is 12.5. The van der Waals surface area contributed by atoms with Crippen LogP contribution >= 0.6 is 0 Å². The van der Waals surface area contributed by atoms with Gasteiger partial charge in [-0.2, -0.15) is 0 Å². The molecule has 1 saturated heterocycles. The van der Waals surface area contributed by atoms with Crippen molar-refractivity contribution in [2.75, 3.05) is 20.1 Å². The molecule has 0 spiro atoms. The minimum atomic E-state index is 0.423. The molecule has 2 rings (SSSR count). The van der Waals surface area contributed by atoms with E-state index >= 15 is 0 Å². The number of nitrogens with zero attached hydrogens (tertiary/aromatic N) is 2. The monoisotopic (exact) mass is 233 g/mol. The zero-order chi connectivity index (χ0) is 12.1. The van der Waals surface area contributed by atoms with E-state index in [0.717, 1.165) is 0 Å². The summed E-state index contributed by atoms with van der Waals surface area (Å²) in [6.07, 6.45) is 7.59. The molecular formula is C14H23N3. The van der Waals surface area contributed by atoms with Crippen LogP contribution in [0.3, 0.4) is 0 Å². The molecule has 1 aromatic heterocycles. The van der Waals surface area contributed by atoms with E-state index < -0.39 is 0 Å². The highest BCUT2D eigenvalue weighted by molar-refractivity contribution is 5.14. The quantitative estimate of drug-likeness (QED) is 0.867. The van der Waals surface area contributed by atoms with E-state index in [1.54, 1.807) is 0 Å². The van der Waals surface area contributed by atoms with Gasteiger partial charge in [0.1, 0.15) is 0 Å². The van der Waals surface area contributed by atoms with Crippen LogP contribution in [-0.2, 0) is 0 Å². The summed E-state index contributed by atoms with van der Waals surface area (Å²) in [7, 11) is 2.22. The molecule has 3 heteroatoms. The number of rotatable bonds is 3. The van der Waals surface area contributed by atoms with Crippen molar-refractivity contribution >= 4 is 0 Å². The second kappa shape index (κ2) is 6.12. The lowest BCUT2D eigenvalue weighted by Crippen LogP contribution is -2.32. The van der Waals surface area contributed by atoms with Gasteiger partial charge in [0.2, 0.25) is 0 Å². The Morgan fingerprint density at radius 2 is 2.06 bits per heavy atom. The van der Waals surface area contributed by atoms with Gasteiger partial charge in [-0.05, 0) is 64.0 Å². The normalized spacial score (nSPS) is 24.2. The second-order valence-electron chi connectivity index (χ2n) is 5.10. The Morgan fingerprint density at radius 1 is 1.29 bits per heavy atom. The third-order valence-corrected chi connectivity index (χ3v) is 3.64. The molecule has 0 bridgehead atoms. The summed E-state index contributed by atoms with van der Waals surface area (Å²) in [6.45, 7) is 4.69. The molecule has 1 aliphatic rings. The van der Waals surface area contributed by atoms with E-state index in [1.165, 1.54) is 37.9 Å². The Labute approximate surface area is 104 Å². The van der Waals surface area contributed by atoms with Crippen molar-refractivity contribution in [2.24, 2.45) is 0 Å². The molecule has 17 heavy (non-hydrogen) atoms. The first-order chi connectivity index (χ1) is 8.25. The average Bonchev–Trinajstić information content (AvgIpc) is 2.56. The predicted octanol–water partition coefficient (Wildman–Crippen LogP) is 2.22. The molecule has 0 saturated carbocycles. The average molecular weight is 233 g/mol. The minimum Gasteiger partial charge on any atom is -0.307 e. The molecule has 94 valence electrons. The van der Waals surface area contributed by atoms with Crippen LogP contribution < -0.4 is 5.32 Å². The summed E-state index contributed by atoms with van der Waals surface area (Å²) in [5, 5.41) is 3.74. The molecule has 0 aliphatic carbocycles. The summed E-state index contributed by atoms with van der Waals surface area (Å²) in [5.41, 5.74) is 1.33. The van der Waals surface area contributed by atoms with Crippen molar-refractivity contribution in [3.8, 4) is 0 Å². The summed E-state index contributed by atoms with van der Waals surface area (Å²) in [4.78, 5) is 6.49. The van der Waals surface area contributed by atoms with Gasteiger partial charge in [0.05, 0.1) is 0 Å². The molecule has 0 radical (unpaired) electrons. The minimum absolute atomic E-state index is 0.423. The number of pyridine rings is 1. The standard InChI is InChI=1S/C14H23N3/c1-12(13-5-8-15-9-6-13)16-14-4-3-10-17(2)11-7-14/h5-6,8-9,12,14,16H,3-4,7,10-11H2,1-2H3/t12-,14?/m1/s1. The van der Waals surface area contributed by atoms with Crippen molar-refractivity contribution in [2.45, 2.75) is 38.3 Å². The Balaban J connectivity index is 1.88. The number of hydrogen-bond acceptors (Lipinski definition) is 3. The third kappa shape index (κ3) is 3.79. The maximum absolute atomic E-state index is 4.07. The lowest BCUT2D eigenvalue weighted by Gasteiger charge is -2.22. The first-order valence-corrected chi connectivity index (χ1v) is 6.60. The van der Waals surface area contributed by atoms with Gasteiger partial charge in [-0.25, -0.2) is 0 Å². The fourth-order valence-corrected chi connectivity index (χ4v) is 2.51. The van der Waals surface area contributed by atoms with Gasteiger partial charge in [-0.3, -0.25) is 4.98 Å². The maximum Gasteiger partial charge on any atom is 0.0295 e. The molecular weight excluding hydrogens is 210 g/mol. The van der Waals surface area contributed by atoms with Crippen LogP contribution in [0.1, 0.15) is 37.8 Å². The Bertz CT molecular complexity index is 325. The molecule has 1 fully saturated rings. The highest BCUT2D eigenvalue weighted by atomic mass is 15.1. The molecule has 1 aromatic rings. The Hall–Kier alpha value is -0.930. The highest BCUT2D eigenvalue weighted by Gasteiger charge is 2.16. The van der Waals surface area contributed by atoms with E-state index in [0.29, 0.717) is 12.1 Å². The fraction of sp³-hybridized carbons (Fsp3) is 0.643. The zero-order valence-corrected chi connectivity index (χ0v) is 10.9. The fourth-order valence-electron chi connectivity index (χ4n) is 2.51. The van der Waals surface area contributed by atoms with E-state index in [2.05, 4.69) is 41.3 Å². The molecule has 2 atom stereocenters. The number of hydrogen-bond donors (Lipinski definition) is 1. The van der Waals surface area contributed by atoms with Crippen molar-refractivity contribution in [1.82, 2.24) is 15.2 Å². The predicted molar refractivity (Wildman–Crippen MR) is 70.9 cm³/mol. The van der Waals surface area contributed by atoms with Gasteiger partial charge < -0.3 is 10.2 Å². The van der Waals surface area contributed by atoms with Gasteiger partial charge in [0.25, 0.3) is 0 Å². The summed E-state index contributed by atoms with van der Waals surface area (Å²) < 4.78 is 0. The van der Waals surface area contributed by atoms with Crippen molar-refractivity contribution < 1.29 is 0 Å². The zero-order valence-electron chi connectivity index (χ0n) is 10.9. The first-order valence-electron chi connectivity index (χ1n) is 6.60. The van der Waals surface area contributed by atoms with Gasteiger partial charge in [-0.15, -0.1) is 0 Å². The molecule has 0 aromatic carbocycles. The van der Waals surface area contributed by atoms with Gasteiger partial charge in [0, 0.05) is 24.5 Å². The van der Waals surface area contributed by atoms with E-state index in [-0.39, 0.29) is 0 Å². The van der Waals surface area contributed by atoms with Crippen LogP contribution in [0, 0.1) is 0 Å². The van der Waals surface area contributed by atoms with Gasteiger partial charge in [-0.1, -0.05) is 0 Å². The SMILES string of the molecule is C[C@@H](NC1CCCN(C)CC1)c1ccncc1. The van der Waals surface area contributed by atoms with Crippen molar-refractivity contribution in [3.05, 3.63) is 30.1 Å². The molecule has 3 nitrogen and oxygen atoms in total. The van der Waals surface area contributed by atoms with Crippen LogP contribution in [0.15, 0.2) is 24.5 Å². The van der Waals surface area contributed by atoms with E-state index in [1.807, 2.05) is 12.4 Å². The van der Waals surface area contributed by atoms with Crippen LogP contribution in [0.2, 0.25) is 0 Å². The highest BCUT2D eigenvalue weighted by Crippen LogP contribution is 2.16. The number of aromatic nitrogens is 1. The maximum atomic E-state index is 4.07. The summed E-state index contributed by atoms with van der Waals surface area (Å²) in [5.74, 6) is 0. The van der Waals surface area contributed by atoms with Crippen LogP contribution in [0.25, 0.3) is 0 Å². The number of likely N-dealkylation sites (tertiary alicyclic amines) is 1. The van der Waals surface area contributed by atoms with Crippen LogP contribution in [-0.4, -0.2) is 36.1 Å². The molecule has 0 amide bonds. The van der Waals surface area contributed by atoms with E-state index in [4.69, 9.17) is 0 Å². The second-order valence-corrected chi connectivity index (χ2v) is 5.10. The largest absolute Gasteiger partial charge is 0.307 e. The van der Waals surface area contributed by atoms with E-state index in [9.17, 15) is 0 Å². The third-order valence-electron chi connectivity index (χ3n) is 3.64. The van der Waals surface area contributed by atoms with Crippen LogP contribution in [0.5, 0.6) is 0 Å². The molecule has 1 unspecified atom stereocenters. The van der Waals surface area contributed by atoms with Crippen LogP contribution in [0.4, 0.5) is 0 Å². The summed E-state index contributed by atoms with van der Waals surface area (Å²) in [6, 6.07) is 5.27. The smallest absolute Gasteiger partial charge is 0.0295 e. The van der Waals surface area contributed by atoms with Gasteiger partial charge in [0.15, 0.2) is 0 Å². The number of nitrogens with one attached hydrogen (secondary N) is 1.